The van der Waals surface area contributed by atoms with Crippen molar-refractivity contribution in [2.75, 3.05) is 26.2 Å². The molecule has 0 bridgehead atoms. The molecule has 6 heteroatoms. The van der Waals surface area contributed by atoms with Gasteiger partial charge in [-0.2, -0.15) is 0 Å². The number of carboxylic acid groups (broad SMARTS) is 1. The Morgan fingerprint density at radius 3 is 2.50 bits per heavy atom. The van der Waals surface area contributed by atoms with Crippen molar-refractivity contribution in [1.82, 2.24) is 10.2 Å². The fourth-order valence-electron chi connectivity index (χ4n) is 2.66. The Labute approximate surface area is 106 Å². The first-order chi connectivity index (χ1) is 8.23. The number of nitrogens with one attached hydrogen (secondary N) is 1. The highest BCUT2D eigenvalue weighted by Gasteiger charge is 2.56. The van der Waals surface area contributed by atoms with Crippen LogP contribution in [-0.2, 0) is 9.53 Å². The van der Waals surface area contributed by atoms with E-state index in [1.165, 1.54) is 0 Å². The van der Waals surface area contributed by atoms with Crippen LogP contribution in [0.1, 0.15) is 20.8 Å². The number of rotatable bonds is 1. The van der Waals surface area contributed by atoms with E-state index in [-0.39, 0.29) is 11.5 Å². The van der Waals surface area contributed by atoms with Gasteiger partial charge >= 0.3 is 12.1 Å². The molecule has 1 spiro atoms. The van der Waals surface area contributed by atoms with Crippen LogP contribution in [0.5, 0.6) is 0 Å². The molecule has 1 atom stereocenters. The number of aliphatic carboxylic acids is 1. The number of likely N-dealkylation sites (tertiary alicyclic amines) is 1. The lowest BCUT2D eigenvalue weighted by Crippen LogP contribution is -2.63. The highest BCUT2D eigenvalue weighted by molar-refractivity contribution is 5.74. The minimum Gasteiger partial charge on any atom is -0.481 e. The summed E-state index contributed by atoms with van der Waals surface area (Å²) in [4.78, 5) is 24.5. The number of hydrogen-bond acceptors (Lipinski definition) is 4. The van der Waals surface area contributed by atoms with Crippen LogP contribution in [0.3, 0.4) is 0 Å². The van der Waals surface area contributed by atoms with Crippen molar-refractivity contribution in [2.24, 2.45) is 11.3 Å². The molecule has 6 nitrogen and oxygen atoms in total. The van der Waals surface area contributed by atoms with Crippen LogP contribution >= 0.6 is 0 Å². The van der Waals surface area contributed by atoms with Gasteiger partial charge in [-0.25, -0.2) is 4.79 Å². The van der Waals surface area contributed by atoms with Crippen LogP contribution in [0, 0.1) is 11.3 Å². The molecule has 0 aliphatic carbocycles. The van der Waals surface area contributed by atoms with Crippen LogP contribution in [0.25, 0.3) is 0 Å². The predicted molar refractivity (Wildman–Crippen MR) is 64.2 cm³/mol. The van der Waals surface area contributed by atoms with Crippen molar-refractivity contribution in [3.05, 3.63) is 0 Å². The van der Waals surface area contributed by atoms with E-state index in [4.69, 9.17) is 9.84 Å². The van der Waals surface area contributed by atoms with Crippen LogP contribution in [0.2, 0.25) is 0 Å². The summed E-state index contributed by atoms with van der Waals surface area (Å²) in [6.45, 7) is 7.52. The van der Waals surface area contributed by atoms with Crippen LogP contribution in [-0.4, -0.2) is 53.8 Å². The van der Waals surface area contributed by atoms with Gasteiger partial charge in [0.2, 0.25) is 0 Å². The minimum atomic E-state index is -0.788. The first-order valence-electron chi connectivity index (χ1n) is 6.15. The first-order valence-corrected chi connectivity index (χ1v) is 6.15. The normalized spacial score (nSPS) is 25.9. The summed E-state index contributed by atoms with van der Waals surface area (Å²) in [5, 5.41) is 12.2. The van der Waals surface area contributed by atoms with Gasteiger partial charge in [0.1, 0.15) is 5.60 Å². The van der Waals surface area contributed by atoms with E-state index in [9.17, 15) is 9.59 Å². The van der Waals surface area contributed by atoms with Crippen LogP contribution in [0.15, 0.2) is 0 Å². The summed E-state index contributed by atoms with van der Waals surface area (Å²) in [5.74, 6) is -1.19. The molecule has 2 N–H and O–H groups in total. The molecule has 102 valence electrons. The Bertz CT molecular complexity index is 369. The summed E-state index contributed by atoms with van der Waals surface area (Å²) in [7, 11) is 0. The summed E-state index contributed by atoms with van der Waals surface area (Å²) in [5.41, 5.74) is -0.817. The summed E-state index contributed by atoms with van der Waals surface area (Å²) < 4.78 is 5.26. The molecule has 0 saturated carbocycles. The Balaban J connectivity index is 1.93. The molecule has 1 amide bonds. The zero-order valence-corrected chi connectivity index (χ0v) is 11.0. The second-order valence-corrected chi connectivity index (χ2v) is 6.22. The third-order valence-corrected chi connectivity index (χ3v) is 3.53. The maximum absolute atomic E-state index is 11.8. The lowest BCUT2D eigenvalue weighted by molar-refractivity contribution is -0.149. The van der Waals surface area contributed by atoms with Crippen LogP contribution < -0.4 is 5.32 Å². The Kier molecular flexibility index (Phi) is 3.01. The second kappa shape index (κ2) is 4.12. The van der Waals surface area contributed by atoms with Gasteiger partial charge in [-0.3, -0.25) is 4.79 Å². The van der Waals surface area contributed by atoms with Crippen molar-refractivity contribution in [3.63, 3.8) is 0 Å². The largest absolute Gasteiger partial charge is 0.481 e. The topological polar surface area (TPSA) is 78.9 Å². The molecule has 0 aromatic carbocycles. The Morgan fingerprint density at radius 2 is 2.00 bits per heavy atom. The van der Waals surface area contributed by atoms with E-state index in [0.29, 0.717) is 26.2 Å². The fourth-order valence-corrected chi connectivity index (χ4v) is 2.66. The average molecular weight is 256 g/mol. The molecule has 0 aromatic heterocycles. The summed E-state index contributed by atoms with van der Waals surface area (Å²) in [6.07, 6.45) is -0.357. The number of nitrogens with zero attached hydrogens (tertiary/aromatic N) is 1. The zero-order valence-electron chi connectivity index (χ0n) is 11.0. The zero-order chi connectivity index (χ0) is 13.6. The van der Waals surface area contributed by atoms with E-state index in [0.717, 1.165) is 0 Å². The van der Waals surface area contributed by atoms with Gasteiger partial charge in [-0.05, 0) is 20.8 Å². The van der Waals surface area contributed by atoms with E-state index in [1.807, 2.05) is 20.8 Å². The quantitative estimate of drug-likeness (QED) is 0.715. The lowest BCUT2D eigenvalue weighted by Gasteiger charge is -2.49. The van der Waals surface area contributed by atoms with E-state index < -0.39 is 17.5 Å². The lowest BCUT2D eigenvalue weighted by atomic mass is 9.72. The first kappa shape index (κ1) is 13.1. The van der Waals surface area contributed by atoms with Gasteiger partial charge in [-0.15, -0.1) is 0 Å². The van der Waals surface area contributed by atoms with E-state index in [2.05, 4.69) is 5.32 Å². The highest BCUT2D eigenvalue weighted by Crippen LogP contribution is 2.41. The fraction of sp³-hybridized carbons (Fsp3) is 0.833. The van der Waals surface area contributed by atoms with E-state index >= 15 is 0 Å². The third-order valence-electron chi connectivity index (χ3n) is 3.53. The van der Waals surface area contributed by atoms with E-state index in [1.54, 1.807) is 4.90 Å². The van der Waals surface area contributed by atoms with Crippen molar-refractivity contribution in [2.45, 2.75) is 26.4 Å². The monoisotopic (exact) mass is 256 g/mol. The molecule has 2 fully saturated rings. The van der Waals surface area contributed by atoms with Gasteiger partial charge < -0.3 is 20.1 Å². The second-order valence-electron chi connectivity index (χ2n) is 6.22. The molecular formula is C12H20N2O4. The van der Waals surface area contributed by atoms with Gasteiger partial charge in [0.25, 0.3) is 0 Å². The van der Waals surface area contributed by atoms with Gasteiger partial charge in [-0.1, -0.05) is 0 Å². The van der Waals surface area contributed by atoms with Gasteiger partial charge in [0.15, 0.2) is 0 Å². The number of amides is 1. The highest BCUT2D eigenvalue weighted by atomic mass is 16.6. The number of carbonyl (C=O) groups excluding carboxylic acids is 1. The molecule has 18 heavy (non-hydrogen) atoms. The molecule has 2 aliphatic rings. The molecule has 1 unspecified atom stereocenters. The maximum Gasteiger partial charge on any atom is 0.410 e. The Hall–Kier alpha value is -1.30. The van der Waals surface area contributed by atoms with Gasteiger partial charge in [0, 0.05) is 31.6 Å². The van der Waals surface area contributed by atoms with Crippen molar-refractivity contribution >= 4 is 12.1 Å². The molecule has 2 aliphatic heterocycles. The minimum absolute atomic E-state index is 0.303. The van der Waals surface area contributed by atoms with Crippen molar-refractivity contribution < 1.29 is 19.4 Å². The van der Waals surface area contributed by atoms with Crippen molar-refractivity contribution in [3.8, 4) is 0 Å². The summed E-state index contributed by atoms with van der Waals surface area (Å²) in [6, 6.07) is 0. The molecule has 0 aromatic rings. The number of ether oxygens (including phenoxy) is 1. The number of carboxylic acids is 1. The molecule has 2 heterocycles. The SMILES string of the molecule is CC(C)(C)OC(=O)N1CC2(CNCC2C(=O)O)C1. The number of carbonyl (C=O) groups is 2. The van der Waals surface area contributed by atoms with Gasteiger partial charge in [0.05, 0.1) is 5.92 Å². The molecule has 2 rings (SSSR count). The summed E-state index contributed by atoms with van der Waals surface area (Å²) >= 11 is 0. The number of hydrogen-bond donors (Lipinski definition) is 2. The molecule has 2 saturated heterocycles. The maximum atomic E-state index is 11.8. The smallest absolute Gasteiger partial charge is 0.410 e. The Morgan fingerprint density at radius 1 is 1.39 bits per heavy atom. The van der Waals surface area contributed by atoms with Crippen molar-refractivity contribution in [1.29, 1.82) is 0 Å². The predicted octanol–water partition coefficient (Wildman–Crippen LogP) is 0.527. The van der Waals surface area contributed by atoms with Crippen LogP contribution in [0.4, 0.5) is 4.79 Å². The standard InChI is InChI=1S/C12H20N2O4/c1-11(2,3)18-10(17)14-6-12(7-14)5-13-4-8(12)9(15)16/h8,13H,4-7H2,1-3H3,(H,15,16). The molecular weight excluding hydrogens is 236 g/mol. The average Bonchev–Trinajstić information content (AvgIpc) is 2.55. The third kappa shape index (κ3) is 2.29. The molecule has 0 radical (unpaired) electrons.